The van der Waals surface area contributed by atoms with Crippen LogP contribution in [0.3, 0.4) is 0 Å². The molecule has 1 atom stereocenters. The Bertz CT molecular complexity index is 376. The molecule has 1 aliphatic rings. The number of nitrogens with two attached hydrogens (primary N) is 1. The Morgan fingerprint density at radius 2 is 2.33 bits per heavy atom. The van der Waals surface area contributed by atoms with Gasteiger partial charge in [-0.25, -0.2) is 0 Å². The quantitative estimate of drug-likeness (QED) is 0.746. The second-order valence-corrected chi connectivity index (χ2v) is 4.17. The van der Waals surface area contributed by atoms with E-state index in [4.69, 9.17) is 5.73 Å². The van der Waals surface area contributed by atoms with Gasteiger partial charge in [-0.2, -0.15) is 0 Å². The molecular formula is C12H16N2O. The zero-order chi connectivity index (χ0) is 10.8. The number of hydrogen-bond donors (Lipinski definition) is 1. The van der Waals surface area contributed by atoms with E-state index in [1.807, 2.05) is 36.1 Å². The summed E-state index contributed by atoms with van der Waals surface area (Å²) >= 11 is 0. The largest absolute Gasteiger partial charge is 0.337 e. The van der Waals surface area contributed by atoms with E-state index in [1.54, 1.807) is 0 Å². The molecule has 1 aromatic rings. The van der Waals surface area contributed by atoms with Gasteiger partial charge < -0.3 is 10.6 Å². The van der Waals surface area contributed by atoms with E-state index in [9.17, 15) is 4.79 Å². The molecule has 1 aliphatic heterocycles. The van der Waals surface area contributed by atoms with Crippen molar-refractivity contribution in [3.05, 3.63) is 35.4 Å². The number of carbonyl (C=O) groups is 1. The molecular weight excluding hydrogens is 188 g/mol. The third-order valence-electron chi connectivity index (χ3n) is 2.78. The lowest BCUT2D eigenvalue weighted by atomic mass is 10.1. The van der Waals surface area contributed by atoms with E-state index in [1.165, 1.54) is 0 Å². The van der Waals surface area contributed by atoms with E-state index in [2.05, 4.69) is 0 Å². The summed E-state index contributed by atoms with van der Waals surface area (Å²) in [7, 11) is 0. The van der Waals surface area contributed by atoms with Crippen LogP contribution >= 0.6 is 0 Å². The third-order valence-corrected chi connectivity index (χ3v) is 2.78. The SMILES string of the molecule is Cc1cccc(C(=O)N2CC[C@@H](N)C2)c1. The second-order valence-electron chi connectivity index (χ2n) is 4.17. The van der Waals surface area contributed by atoms with Crippen molar-refractivity contribution in [1.29, 1.82) is 0 Å². The van der Waals surface area contributed by atoms with Gasteiger partial charge >= 0.3 is 0 Å². The topological polar surface area (TPSA) is 46.3 Å². The maximum Gasteiger partial charge on any atom is 0.253 e. The average molecular weight is 204 g/mol. The summed E-state index contributed by atoms with van der Waals surface area (Å²) < 4.78 is 0. The molecule has 3 nitrogen and oxygen atoms in total. The monoisotopic (exact) mass is 204 g/mol. The molecule has 15 heavy (non-hydrogen) atoms. The first kappa shape index (κ1) is 10.2. The molecule has 1 aromatic carbocycles. The van der Waals surface area contributed by atoms with Crippen LogP contribution in [0.2, 0.25) is 0 Å². The maximum absolute atomic E-state index is 12.0. The Balaban J connectivity index is 2.14. The molecule has 0 saturated carbocycles. The summed E-state index contributed by atoms with van der Waals surface area (Å²) in [4.78, 5) is 13.8. The molecule has 1 heterocycles. The fourth-order valence-corrected chi connectivity index (χ4v) is 1.93. The highest BCUT2D eigenvalue weighted by Crippen LogP contribution is 2.13. The van der Waals surface area contributed by atoms with Crippen LogP contribution in [0.1, 0.15) is 22.3 Å². The number of aryl methyl sites for hydroxylation is 1. The third kappa shape index (κ3) is 2.18. The van der Waals surface area contributed by atoms with Crippen LogP contribution < -0.4 is 5.73 Å². The number of amides is 1. The van der Waals surface area contributed by atoms with Crippen LogP contribution in [0, 0.1) is 6.92 Å². The molecule has 0 bridgehead atoms. The number of likely N-dealkylation sites (tertiary alicyclic amines) is 1. The fraction of sp³-hybridized carbons (Fsp3) is 0.417. The maximum atomic E-state index is 12.0. The average Bonchev–Trinajstić information content (AvgIpc) is 2.64. The number of nitrogens with zero attached hydrogens (tertiary/aromatic N) is 1. The standard InChI is InChI=1S/C12H16N2O/c1-9-3-2-4-10(7-9)12(15)14-6-5-11(13)8-14/h2-4,7,11H,5-6,8,13H2,1H3/t11-/m1/s1. The van der Waals surface area contributed by atoms with Gasteiger partial charge in [-0.05, 0) is 25.5 Å². The van der Waals surface area contributed by atoms with Crippen molar-refractivity contribution in [2.45, 2.75) is 19.4 Å². The van der Waals surface area contributed by atoms with Crippen molar-refractivity contribution >= 4 is 5.91 Å². The zero-order valence-corrected chi connectivity index (χ0v) is 8.94. The van der Waals surface area contributed by atoms with Gasteiger partial charge in [-0.15, -0.1) is 0 Å². The molecule has 0 spiro atoms. The van der Waals surface area contributed by atoms with Gasteiger partial charge in [0.1, 0.15) is 0 Å². The summed E-state index contributed by atoms with van der Waals surface area (Å²) in [5.41, 5.74) is 7.66. The van der Waals surface area contributed by atoms with Crippen LogP contribution in [0.5, 0.6) is 0 Å². The van der Waals surface area contributed by atoms with Crippen LogP contribution in [-0.2, 0) is 0 Å². The number of rotatable bonds is 1. The normalized spacial score (nSPS) is 20.7. The summed E-state index contributed by atoms with van der Waals surface area (Å²) in [5.74, 6) is 0.103. The lowest BCUT2D eigenvalue weighted by molar-refractivity contribution is 0.0791. The molecule has 80 valence electrons. The molecule has 1 amide bonds. The predicted molar refractivity (Wildman–Crippen MR) is 59.7 cm³/mol. The van der Waals surface area contributed by atoms with Gasteiger partial charge in [-0.3, -0.25) is 4.79 Å². The smallest absolute Gasteiger partial charge is 0.253 e. The highest BCUT2D eigenvalue weighted by molar-refractivity contribution is 5.94. The molecule has 0 aromatic heterocycles. The molecule has 1 fully saturated rings. The lowest BCUT2D eigenvalue weighted by Gasteiger charge is -2.15. The highest BCUT2D eigenvalue weighted by atomic mass is 16.2. The van der Waals surface area contributed by atoms with E-state index in [0.29, 0.717) is 6.54 Å². The Kier molecular flexibility index (Phi) is 2.73. The molecule has 1 saturated heterocycles. The first-order valence-corrected chi connectivity index (χ1v) is 5.28. The van der Waals surface area contributed by atoms with E-state index in [0.717, 1.165) is 24.1 Å². The highest BCUT2D eigenvalue weighted by Gasteiger charge is 2.24. The van der Waals surface area contributed by atoms with Gasteiger partial charge in [0.05, 0.1) is 0 Å². The van der Waals surface area contributed by atoms with Crippen LogP contribution in [-0.4, -0.2) is 29.9 Å². The minimum atomic E-state index is 0.103. The number of hydrogen-bond acceptors (Lipinski definition) is 2. The van der Waals surface area contributed by atoms with Crippen LogP contribution in [0.25, 0.3) is 0 Å². The summed E-state index contributed by atoms with van der Waals surface area (Å²) in [6, 6.07) is 7.84. The Hall–Kier alpha value is -1.35. The first-order chi connectivity index (χ1) is 7.16. The minimum Gasteiger partial charge on any atom is -0.337 e. The van der Waals surface area contributed by atoms with E-state index >= 15 is 0 Å². The molecule has 0 aliphatic carbocycles. The lowest BCUT2D eigenvalue weighted by Crippen LogP contribution is -2.31. The number of benzene rings is 1. The van der Waals surface area contributed by atoms with Crippen LogP contribution in [0.4, 0.5) is 0 Å². The first-order valence-electron chi connectivity index (χ1n) is 5.28. The van der Waals surface area contributed by atoms with Crippen LogP contribution in [0.15, 0.2) is 24.3 Å². The molecule has 0 unspecified atom stereocenters. The second kappa shape index (κ2) is 4.03. The van der Waals surface area contributed by atoms with E-state index in [-0.39, 0.29) is 11.9 Å². The van der Waals surface area contributed by atoms with Gasteiger partial charge in [-0.1, -0.05) is 17.7 Å². The fourth-order valence-electron chi connectivity index (χ4n) is 1.93. The van der Waals surface area contributed by atoms with Crippen molar-refractivity contribution in [3.8, 4) is 0 Å². The molecule has 2 N–H and O–H groups in total. The van der Waals surface area contributed by atoms with Crippen molar-refractivity contribution in [2.75, 3.05) is 13.1 Å². The zero-order valence-electron chi connectivity index (χ0n) is 8.94. The Morgan fingerprint density at radius 3 is 2.93 bits per heavy atom. The molecule has 2 rings (SSSR count). The van der Waals surface area contributed by atoms with Gasteiger partial charge in [0.2, 0.25) is 0 Å². The number of carbonyl (C=O) groups excluding carboxylic acids is 1. The summed E-state index contributed by atoms with van der Waals surface area (Å²) in [6.07, 6.45) is 0.914. The molecule has 3 heteroatoms. The Morgan fingerprint density at radius 1 is 1.53 bits per heavy atom. The van der Waals surface area contributed by atoms with Crippen molar-refractivity contribution in [3.63, 3.8) is 0 Å². The minimum absolute atomic E-state index is 0.103. The predicted octanol–water partition coefficient (Wildman–Crippen LogP) is 1.17. The molecule has 0 radical (unpaired) electrons. The van der Waals surface area contributed by atoms with Gasteiger partial charge in [0.25, 0.3) is 5.91 Å². The van der Waals surface area contributed by atoms with Crippen molar-refractivity contribution < 1.29 is 4.79 Å². The van der Waals surface area contributed by atoms with E-state index < -0.39 is 0 Å². The van der Waals surface area contributed by atoms with Crippen molar-refractivity contribution in [2.24, 2.45) is 5.73 Å². The van der Waals surface area contributed by atoms with Gasteiger partial charge in [0, 0.05) is 24.7 Å². The summed E-state index contributed by atoms with van der Waals surface area (Å²) in [6.45, 7) is 3.47. The summed E-state index contributed by atoms with van der Waals surface area (Å²) in [5, 5.41) is 0. The van der Waals surface area contributed by atoms with Crippen molar-refractivity contribution in [1.82, 2.24) is 4.90 Å². The van der Waals surface area contributed by atoms with Gasteiger partial charge in [0.15, 0.2) is 0 Å². The Labute approximate surface area is 89.9 Å².